The number of nitrogens with one attached hydrogen (secondary N) is 2. The molecule has 3 aromatic rings. The highest BCUT2D eigenvalue weighted by Crippen LogP contribution is 2.27. The molecule has 0 bridgehead atoms. The highest BCUT2D eigenvalue weighted by atomic mass is 32.2. The predicted molar refractivity (Wildman–Crippen MR) is 120 cm³/mol. The Morgan fingerprint density at radius 3 is 2.68 bits per heavy atom. The van der Waals surface area contributed by atoms with Crippen LogP contribution in [0, 0.1) is 0 Å². The molecule has 2 aromatic heterocycles. The normalized spacial score (nSPS) is 19.4. The molecule has 1 aromatic carbocycles. The number of rotatable bonds is 8. The van der Waals surface area contributed by atoms with Crippen LogP contribution in [0.1, 0.15) is 39.0 Å². The molecule has 1 fully saturated rings. The minimum absolute atomic E-state index is 0.000126. The zero-order valence-corrected chi connectivity index (χ0v) is 18.6. The van der Waals surface area contributed by atoms with E-state index in [1.807, 2.05) is 24.3 Å². The van der Waals surface area contributed by atoms with Crippen molar-refractivity contribution in [1.29, 1.82) is 0 Å². The maximum absolute atomic E-state index is 11.4. The molecule has 2 N–H and O–H groups in total. The van der Waals surface area contributed by atoms with Crippen LogP contribution in [-0.4, -0.2) is 53.1 Å². The zero-order valence-electron chi connectivity index (χ0n) is 17.8. The molecule has 0 unspecified atom stereocenters. The quantitative estimate of drug-likeness (QED) is 0.549. The van der Waals surface area contributed by atoms with E-state index in [4.69, 9.17) is 4.74 Å². The summed E-state index contributed by atoms with van der Waals surface area (Å²) in [6.07, 6.45) is 8.93. The van der Waals surface area contributed by atoms with Crippen LogP contribution in [-0.2, 0) is 10.0 Å². The standard InChI is InChI=1S/C21H28N6O3S/c1-3-13-30-19-6-4-5-18-17(19)14-23-27(18)20-11-12-22-21(25-20)24-15-7-9-16(10-8-15)26-31(2,28)29/h4-6,11-12,14-16,26H,3,7-10,13H2,1-2H3,(H,22,24,25)/t15-,16-. The van der Waals surface area contributed by atoms with E-state index in [9.17, 15) is 8.42 Å². The van der Waals surface area contributed by atoms with E-state index in [2.05, 4.69) is 32.0 Å². The molecule has 0 atom stereocenters. The Bertz CT molecular complexity index is 1140. The van der Waals surface area contributed by atoms with Crippen molar-refractivity contribution in [2.75, 3.05) is 18.2 Å². The highest BCUT2D eigenvalue weighted by Gasteiger charge is 2.23. The van der Waals surface area contributed by atoms with Gasteiger partial charge in [-0.15, -0.1) is 0 Å². The van der Waals surface area contributed by atoms with Crippen LogP contribution in [0.4, 0.5) is 5.95 Å². The van der Waals surface area contributed by atoms with Crippen molar-refractivity contribution < 1.29 is 13.2 Å². The summed E-state index contributed by atoms with van der Waals surface area (Å²) in [5.41, 5.74) is 0.922. The van der Waals surface area contributed by atoms with Crippen molar-refractivity contribution in [1.82, 2.24) is 24.5 Å². The summed E-state index contributed by atoms with van der Waals surface area (Å²) in [5, 5.41) is 8.85. The van der Waals surface area contributed by atoms with Gasteiger partial charge in [0.2, 0.25) is 16.0 Å². The number of hydrogen-bond donors (Lipinski definition) is 2. The second-order valence-corrected chi connectivity index (χ2v) is 9.70. The van der Waals surface area contributed by atoms with Crippen molar-refractivity contribution in [3.05, 3.63) is 36.7 Å². The summed E-state index contributed by atoms with van der Waals surface area (Å²) in [5.74, 6) is 2.03. The summed E-state index contributed by atoms with van der Waals surface area (Å²) < 4.78 is 33.2. The van der Waals surface area contributed by atoms with Crippen LogP contribution >= 0.6 is 0 Å². The molecule has 1 aliphatic rings. The van der Waals surface area contributed by atoms with Crippen molar-refractivity contribution in [3.8, 4) is 11.6 Å². The van der Waals surface area contributed by atoms with Crippen LogP contribution in [0.25, 0.3) is 16.7 Å². The molecule has 0 radical (unpaired) electrons. The van der Waals surface area contributed by atoms with Gasteiger partial charge in [-0.25, -0.2) is 22.8 Å². The van der Waals surface area contributed by atoms with Gasteiger partial charge in [0.05, 0.1) is 30.0 Å². The second-order valence-electron chi connectivity index (χ2n) is 7.92. The lowest BCUT2D eigenvalue weighted by Crippen LogP contribution is -2.39. The minimum atomic E-state index is -3.17. The summed E-state index contributed by atoms with van der Waals surface area (Å²) in [6, 6.07) is 7.92. The lowest BCUT2D eigenvalue weighted by Gasteiger charge is -2.29. The van der Waals surface area contributed by atoms with Gasteiger partial charge in [0, 0.05) is 24.3 Å². The first-order valence-corrected chi connectivity index (χ1v) is 12.5. The zero-order chi connectivity index (χ0) is 21.8. The van der Waals surface area contributed by atoms with Gasteiger partial charge in [-0.2, -0.15) is 10.1 Å². The van der Waals surface area contributed by atoms with E-state index in [-0.39, 0.29) is 12.1 Å². The third-order valence-corrected chi connectivity index (χ3v) is 6.10. The number of sulfonamides is 1. The molecular formula is C21H28N6O3S. The van der Waals surface area contributed by atoms with Gasteiger partial charge >= 0.3 is 0 Å². The van der Waals surface area contributed by atoms with E-state index in [0.29, 0.717) is 18.4 Å². The molecule has 166 valence electrons. The van der Waals surface area contributed by atoms with Gasteiger partial charge in [0.15, 0.2) is 5.82 Å². The first-order valence-electron chi connectivity index (χ1n) is 10.6. The van der Waals surface area contributed by atoms with Crippen LogP contribution < -0.4 is 14.8 Å². The molecule has 2 heterocycles. The average Bonchev–Trinajstić information content (AvgIpc) is 3.18. The lowest BCUT2D eigenvalue weighted by molar-refractivity contribution is 0.321. The first kappa shape index (κ1) is 21.5. The van der Waals surface area contributed by atoms with Gasteiger partial charge in [0.1, 0.15) is 5.75 Å². The Hall–Kier alpha value is -2.72. The topological polar surface area (TPSA) is 111 Å². The van der Waals surface area contributed by atoms with Crippen LogP contribution in [0.15, 0.2) is 36.7 Å². The van der Waals surface area contributed by atoms with Crippen molar-refractivity contribution in [2.45, 2.75) is 51.1 Å². The Labute approximate surface area is 182 Å². The number of fused-ring (bicyclic) bond motifs is 1. The van der Waals surface area contributed by atoms with Crippen molar-refractivity contribution >= 4 is 26.9 Å². The smallest absolute Gasteiger partial charge is 0.224 e. The fourth-order valence-electron chi connectivity index (χ4n) is 3.92. The molecule has 1 aliphatic carbocycles. The number of benzene rings is 1. The SMILES string of the molecule is CCCOc1cccc2c1cnn2-c1ccnc(N[C@H]2CC[C@H](NS(C)(=O)=O)CC2)n1. The number of anilines is 1. The van der Waals surface area contributed by atoms with E-state index >= 15 is 0 Å². The number of ether oxygens (including phenoxy) is 1. The largest absolute Gasteiger partial charge is 0.493 e. The maximum Gasteiger partial charge on any atom is 0.224 e. The average molecular weight is 445 g/mol. The fraction of sp³-hybridized carbons (Fsp3) is 0.476. The first-order chi connectivity index (χ1) is 14.9. The van der Waals surface area contributed by atoms with E-state index in [0.717, 1.165) is 48.8 Å². The Morgan fingerprint density at radius 1 is 1.16 bits per heavy atom. The van der Waals surface area contributed by atoms with E-state index in [1.165, 1.54) is 6.26 Å². The molecule has 0 saturated heterocycles. The Kier molecular flexibility index (Phi) is 6.38. The molecular weight excluding hydrogens is 416 g/mol. The molecule has 4 rings (SSSR count). The summed E-state index contributed by atoms with van der Waals surface area (Å²) in [4.78, 5) is 9.02. The molecule has 10 heteroatoms. The van der Waals surface area contributed by atoms with Crippen molar-refractivity contribution in [2.24, 2.45) is 0 Å². The number of nitrogens with zero attached hydrogens (tertiary/aromatic N) is 4. The molecule has 9 nitrogen and oxygen atoms in total. The van der Waals surface area contributed by atoms with Gasteiger partial charge < -0.3 is 10.1 Å². The van der Waals surface area contributed by atoms with Gasteiger partial charge in [-0.1, -0.05) is 13.0 Å². The summed E-state index contributed by atoms with van der Waals surface area (Å²) in [6.45, 7) is 2.74. The van der Waals surface area contributed by atoms with Gasteiger partial charge in [-0.3, -0.25) is 0 Å². The minimum Gasteiger partial charge on any atom is -0.493 e. The predicted octanol–water partition coefficient (Wildman–Crippen LogP) is 2.88. The van der Waals surface area contributed by atoms with E-state index < -0.39 is 10.0 Å². The van der Waals surface area contributed by atoms with Crippen molar-refractivity contribution in [3.63, 3.8) is 0 Å². The van der Waals surface area contributed by atoms with Gasteiger partial charge in [0.25, 0.3) is 0 Å². The molecule has 1 saturated carbocycles. The van der Waals surface area contributed by atoms with Crippen LogP contribution in [0.2, 0.25) is 0 Å². The third kappa shape index (κ3) is 5.31. The van der Waals surface area contributed by atoms with E-state index in [1.54, 1.807) is 17.1 Å². The molecule has 0 aliphatic heterocycles. The van der Waals surface area contributed by atoms with Crippen LogP contribution in [0.5, 0.6) is 5.75 Å². The van der Waals surface area contributed by atoms with Gasteiger partial charge in [-0.05, 0) is 44.2 Å². The van der Waals surface area contributed by atoms with Crippen LogP contribution in [0.3, 0.4) is 0 Å². The third-order valence-electron chi connectivity index (χ3n) is 5.33. The monoisotopic (exact) mass is 444 g/mol. The molecule has 31 heavy (non-hydrogen) atoms. The summed E-state index contributed by atoms with van der Waals surface area (Å²) in [7, 11) is -3.17. The molecule has 0 amide bonds. The number of hydrogen-bond acceptors (Lipinski definition) is 7. The second kappa shape index (κ2) is 9.19. The lowest BCUT2D eigenvalue weighted by atomic mass is 9.92. The Balaban J connectivity index is 1.47. The highest BCUT2D eigenvalue weighted by molar-refractivity contribution is 7.88. The maximum atomic E-state index is 11.4. The summed E-state index contributed by atoms with van der Waals surface area (Å²) >= 11 is 0. The molecule has 0 spiro atoms. The number of aromatic nitrogens is 4. The Morgan fingerprint density at radius 2 is 1.94 bits per heavy atom. The fourth-order valence-corrected chi connectivity index (χ4v) is 4.76.